The van der Waals surface area contributed by atoms with Gasteiger partial charge in [0.2, 0.25) is 6.19 Å². The summed E-state index contributed by atoms with van der Waals surface area (Å²) in [5, 5.41) is 8.21. The fourth-order valence-corrected chi connectivity index (χ4v) is 0.998. The number of aliphatic imine (C=N–C) groups is 1. The smallest absolute Gasteiger partial charge is 0.207 e. The molecule has 0 fully saturated rings. The van der Waals surface area contributed by atoms with Gasteiger partial charge in [0.15, 0.2) is 0 Å². The molecule has 6 heteroatoms. The molecule has 0 radical (unpaired) electrons. The van der Waals surface area contributed by atoms with Gasteiger partial charge in [-0.05, 0) is 6.92 Å². The Bertz CT molecular complexity index is 376. The normalized spacial score (nSPS) is 11.3. The predicted molar refractivity (Wildman–Crippen MR) is 54.8 cm³/mol. The number of nitrogens with one attached hydrogen (secondary N) is 1. The molecule has 80 valence electrons. The summed E-state index contributed by atoms with van der Waals surface area (Å²) in [6.45, 7) is 2.80. The van der Waals surface area contributed by atoms with E-state index in [2.05, 4.69) is 15.0 Å². The van der Waals surface area contributed by atoms with Crippen molar-refractivity contribution in [1.82, 2.24) is 9.97 Å². The van der Waals surface area contributed by atoms with Crippen molar-refractivity contribution in [2.24, 2.45) is 10.7 Å². The van der Waals surface area contributed by atoms with Gasteiger partial charge in [-0.15, -0.1) is 0 Å². The minimum Gasteiger partial charge on any atom is -0.386 e. The summed E-state index contributed by atoms with van der Waals surface area (Å²) >= 11 is 0. The molecule has 15 heavy (non-hydrogen) atoms. The fraction of sp³-hybridized carbons (Fsp3) is 0.444. The van der Waals surface area contributed by atoms with Crippen LogP contribution in [0.15, 0.2) is 11.3 Å². The van der Waals surface area contributed by atoms with E-state index in [4.69, 9.17) is 15.7 Å². The Morgan fingerprint density at radius 2 is 2.60 bits per heavy atom. The van der Waals surface area contributed by atoms with E-state index in [1.165, 1.54) is 0 Å². The van der Waals surface area contributed by atoms with Gasteiger partial charge in [0.1, 0.15) is 5.84 Å². The van der Waals surface area contributed by atoms with E-state index in [-0.39, 0.29) is 5.84 Å². The molecule has 0 bridgehead atoms. The number of amidine groups is 1. The second kappa shape index (κ2) is 5.78. The van der Waals surface area contributed by atoms with E-state index < -0.39 is 0 Å². The summed E-state index contributed by atoms with van der Waals surface area (Å²) in [7, 11) is 0. The standard InChI is InChI=1S/C9H13N5O/c1-7-8(14-6-13-7)4-15-3-2-9(11)12-5-10/h6H,2-4H2,1H3,(H2,11,12)(H,13,14). The van der Waals surface area contributed by atoms with Gasteiger partial charge < -0.3 is 15.5 Å². The minimum absolute atomic E-state index is 0.288. The molecule has 0 saturated heterocycles. The molecule has 0 atom stereocenters. The molecule has 1 rings (SSSR count). The Kier molecular flexibility index (Phi) is 4.31. The summed E-state index contributed by atoms with van der Waals surface area (Å²) in [4.78, 5) is 10.4. The number of nitrogens with zero attached hydrogens (tertiary/aromatic N) is 3. The first kappa shape index (κ1) is 11.2. The van der Waals surface area contributed by atoms with E-state index in [9.17, 15) is 0 Å². The van der Waals surface area contributed by atoms with E-state index in [0.29, 0.717) is 19.6 Å². The van der Waals surface area contributed by atoms with Crippen molar-refractivity contribution in [2.75, 3.05) is 6.61 Å². The summed E-state index contributed by atoms with van der Waals surface area (Å²) in [5.74, 6) is 0.288. The van der Waals surface area contributed by atoms with Gasteiger partial charge in [0.25, 0.3) is 0 Å². The molecule has 0 aliphatic carbocycles. The average Bonchev–Trinajstić information content (AvgIpc) is 2.60. The monoisotopic (exact) mass is 207 g/mol. The van der Waals surface area contributed by atoms with Crippen molar-refractivity contribution in [3.05, 3.63) is 17.7 Å². The zero-order valence-electron chi connectivity index (χ0n) is 8.53. The van der Waals surface area contributed by atoms with Crippen molar-refractivity contribution < 1.29 is 4.74 Å². The lowest BCUT2D eigenvalue weighted by molar-refractivity contribution is 0.124. The van der Waals surface area contributed by atoms with Crippen LogP contribution in [0.2, 0.25) is 0 Å². The van der Waals surface area contributed by atoms with Crippen LogP contribution in [0.3, 0.4) is 0 Å². The Morgan fingerprint density at radius 3 is 3.20 bits per heavy atom. The number of aromatic amines is 1. The molecule has 0 saturated carbocycles. The fourth-order valence-electron chi connectivity index (χ4n) is 0.998. The zero-order chi connectivity index (χ0) is 11.1. The topological polar surface area (TPSA) is 100 Å². The van der Waals surface area contributed by atoms with Crippen molar-refractivity contribution in [3.8, 4) is 6.19 Å². The van der Waals surface area contributed by atoms with Gasteiger partial charge >= 0.3 is 0 Å². The molecule has 0 aliphatic heterocycles. The lowest BCUT2D eigenvalue weighted by Gasteiger charge is -2.01. The van der Waals surface area contributed by atoms with Crippen LogP contribution in [0.25, 0.3) is 0 Å². The highest BCUT2D eigenvalue weighted by Gasteiger charge is 2.00. The summed E-state index contributed by atoms with van der Waals surface area (Å²) in [6, 6.07) is 0. The second-order valence-corrected chi connectivity index (χ2v) is 2.98. The molecule has 1 heterocycles. The Balaban J connectivity index is 2.21. The highest BCUT2D eigenvalue weighted by Crippen LogP contribution is 2.02. The summed E-state index contributed by atoms with van der Waals surface area (Å²) in [5.41, 5.74) is 7.27. The Hall–Kier alpha value is -1.87. The maximum atomic E-state index is 8.21. The molecule has 1 aromatic heterocycles. The molecular formula is C9H13N5O. The summed E-state index contributed by atoms with van der Waals surface area (Å²) in [6.07, 6.45) is 3.70. The molecule has 0 spiro atoms. The SMILES string of the molecule is Cc1[nH]cnc1COCCC(N)=NC#N. The Morgan fingerprint density at radius 1 is 1.80 bits per heavy atom. The number of aryl methyl sites for hydroxylation is 1. The van der Waals surface area contributed by atoms with E-state index in [0.717, 1.165) is 11.4 Å². The van der Waals surface area contributed by atoms with Crippen molar-refractivity contribution in [3.63, 3.8) is 0 Å². The number of hydrogen-bond donors (Lipinski definition) is 2. The van der Waals surface area contributed by atoms with Gasteiger partial charge in [0.05, 0.1) is 25.2 Å². The number of hydrogen-bond acceptors (Lipinski definition) is 4. The number of H-pyrrole nitrogens is 1. The van der Waals surface area contributed by atoms with Gasteiger partial charge in [-0.3, -0.25) is 0 Å². The Labute approximate surface area is 87.8 Å². The third-order valence-electron chi connectivity index (χ3n) is 1.87. The number of imidazole rings is 1. The molecule has 3 N–H and O–H groups in total. The van der Waals surface area contributed by atoms with Crippen molar-refractivity contribution >= 4 is 5.84 Å². The minimum atomic E-state index is 0.288. The van der Waals surface area contributed by atoms with Crippen molar-refractivity contribution in [1.29, 1.82) is 5.26 Å². The lowest BCUT2D eigenvalue weighted by atomic mass is 10.3. The van der Waals surface area contributed by atoms with Crippen LogP contribution < -0.4 is 5.73 Å². The molecule has 0 aromatic carbocycles. The van der Waals surface area contributed by atoms with Crippen molar-refractivity contribution in [2.45, 2.75) is 20.0 Å². The average molecular weight is 207 g/mol. The van der Waals surface area contributed by atoms with E-state index in [1.54, 1.807) is 12.5 Å². The second-order valence-electron chi connectivity index (χ2n) is 2.98. The molecule has 6 nitrogen and oxygen atoms in total. The first-order valence-electron chi connectivity index (χ1n) is 4.51. The van der Waals surface area contributed by atoms with Gasteiger partial charge in [0, 0.05) is 12.1 Å². The van der Waals surface area contributed by atoms with Crippen LogP contribution in [0.1, 0.15) is 17.8 Å². The number of rotatable bonds is 5. The van der Waals surface area contributed by atoms with Crippen LogP contribution in [0.5, 0.6) is 0 Å². The third kappa shape index (κ3) is 3.79. The van der Waals surface area contributed by atoms with E-state index >= 15 is 0 Å². The molecule has 0 unspecified atom stereocenters. The van der Waals surface area contributed by atoms with Crippen LogP contribution in [-0.2, 0) is 11.3 Å². The van der Waals surface area contributed by atoms with Gasteiger partial charge in [-0.25, -0.2) is 4.98 Å². The van der Waals surface area contributed by atoms with Gasteiger partial charge in [-0.2, -0.15) is 10.3 Å². The quantitative estimate of drug-likeness (QED) is 0.317. The highest BCUT2D eigenvalue weighted by molar-refractivity contribution is 5.81. The van der Waals surface area contributed by atoms with E-state index in [1.807, 2.05) is 6.92 Å². The lowest BCUT2D eigenvalue weighted by Crippen LogP contribution is -2.14. The number of nitrogens with two attached hydrogens (primary N) is 1. The van der Waals surface area contributed by atoms with Crippen LogP contribution in [-0.4, -0.2) is 22.4 Å². The predicted octanol–water partition coefficient (Wildman–Crippen LogP) is 0.463. The molecule has 1 aromatic rings. The first-order valence-corrected chi connectivity index (χ1v) is 4.51. The number of nitriles is 1. The summed E-state index contributed by atoms with van der Waals surface area (Å²) < 4.78 is 5.32. The number of aromatic nitrogens is 2. The van der Waals surface area contributed by atoms with Gasteiger partial charge in [-0.1, -0.05) is 0 Å². The molecule has 0 aliphatic rings. The van der Waals surface area contributed by atoms with Crippen LogP contribution in [0, 0.1) is 18.4 Å². The molecule has 0 amide bonds. The maximum absolute atomic E-state index is 8.21. The van der Waals surface area contributed by atoms with Crippen LogP contribution in [0.4, 0.5) is 0 Å². The first-order chi connectivity index (χ1) is 7.24. The molecular weight excluding hydrogens is 194 g/mol. The largest absolute Gasteiger partial charge is 0.386 e. The maximum Gasteiger partial charge on any atom is 0.207 e. The number of ether oxygens (including phenoxy) is 1. The third-order valence-corrected chi connectivity index (χ3v) is 1.87. The van der Waals surface area contributed by atoms with Crippen LogP contribution >= 0.6 is 0 Å². The highest BCUT2D eigenvalue weighted by atomic mass is 16.5. The zero-order valence-corrected chi connectivity index (χ0v) is 8.53.